The van der Waals surface area contributed by atoms with Gasteiger partial charge in [-0.1, -0.05) is 0 Å². The van der Waals surface area contributed by atoms with Crippen LogP contribution in [0.5, 0.6) is 0 Å². The van der Waals surface area contributed by atoms with E-state index in [0.29, 0.717) is 6.04 Å². The van der Waals surface area contributed by atoms with Crippen molar-refractivity contribution in [1.82, 2.24) is 14.8 Å². The van der Waals surface area contributed by atoms with E-state index < -0.39 is 0 Å². The van der Waals surface area contributed by atoms with Crippen LogP contribution in [-0.4, -0.2) is 53.4 Å². The van der Waals surface area contributed by atoms with Gasteiger partial charge in [0, 0.05) is 43.6 Å². The number of pyridine rings is 1. The predicted molar refractivity (Wildman–Crippen MR) is 62.2 cm³/mol. The predicted octanol–water partition coefficient (Wildman–Crippen LogP) is 0.858. The molecule has 0 radical (unpaired) electrons. The van der Waals surface area contributed by atoms with E-state index in [1.165, 1.54) is 0 Å². The molecule has 0 saturated carbocycles. The minimum atomic E-state index is 0.113. The maximum atomic E-state index is 12.1. The van der Waals surface area contributed by atoms with Crippen LogP contribution >= 0.6 is 0 Å². The first kappa shape index (κ1) is 11.1. The quantitative estimate of drug-likeness (QED) is 0.703. The summed E-state index contributed by atoms with van der Waals surface area (Å²) in [6.07, 6.45) is 3.32. The number of carbonyl (C=O) groups is 1. The molecule has 1 aliphatic rings. The van der Waals surface area contributed by atoms with Crippen molar-refractivity contribution in [3.05, 3.63) is 30.1 Å². The molecule has 0 N–H and O–H groups in total. The second-order valence-corrected chi connectivity index (χ2v) is 4.32. The molecule has 4 heteroatoms. The summed E-state index contributed by atoms with van der Waals surface area (Å²) in [6, 6.07) is 3.97. The van der Waals surface area contributed by atoms with Crippen LogP contribution in [0.25, 0.3) is 0 Å². The maximum Gasteiger partial charge on any atom is 0.254 e. The molecule has 1 aromatic rings. The highest BCUT2D eigenvalue weighted by molar-refractivity contribution is 5.94. The average Bonchev–Trinajstić information content (AvgIpc) is 2.33. The fourth-order valence-electron chi connectivity index (χ4n) is 1.91. The van der Waals surface area contributed by atoms with Crippen LogP contribution in [0, 0.1) is 0 Å². The van der Waals surface area contributed by atoms with E-state index in [0.717, 1.165) is 25.2 Å². The average molecular weight is 219 g/mol. The van der Waals surface area contributed by atoms with Gasteiger partial charge in [-0.2, -0.15) is 0 Å². The zero-order chi connectivity index (χ0) is 11.5. The summed E-state index contributed by atoms with van der Waals surface area (Å²) in [5, 5.41) is 0. The van der Waals surface area contributed by atoms with Crippen molar-refractivity contribution in [3.8, 4) is 0 Å². The Kier molecular flexibility index (Phi) is 3.19. The molecule has 1 amide bonds. The highest BCUT2D eigenvalue weighted by Gasteiger charge is 2.24. The lowest BCUT2D eigenvalue weighted by Gasteiger charge is -2.37. The third kappa shape index (κ3) is 2.22. The number of nitrogens with zero attached hydrogens (tertiary/aromatic N) is 3. The Labute approximate surface area is 95.9 Å². The van der Waals surface area contributed by atoms with Crippen LogP contribution in [0.15, 0.2) is 24.5 Å². The molecule has 1 unspecified atom stereocenters. The third-order valence-corrected chi connectivity index (χ3v) is 3.17. The van der Waals surface area contributed by atoms with Gasteiger partial charge in [-0.05, 0) is 26.1 Å². The van der Waals surface area contributed by atoms with Crippen molar-refractivity contribution in [2.24, 2.45) is 0 Å². The standard InChI is InChI=1S/C12H17N3O/c1-10-9-15(8-7-14(10)2)12(16)11-3-5-13-6-4-11/h3-6,10H,7-9H2,1-2H3. The van der Waals surface area contributed by atoms with Crippen LogP contribution in [-0.2, 0) is 0 Å². The first-order valence-electron chi connectivity index (χ1n) is 5.58. The summed E-state index contributed by atoms with van der Waals surface area (Å²) in [5.74, 6) is 0.113. The van der Waals surface area contributed by atoms with Gasteiger partial charge in [0.1, 0.15) is 0 Å². The van der Waals surface area contributed by atoms with Gasteiger partial charge < -0.3 is 9.80 Å². The molecule has 0 bridgehead atoms. The van der Waals surface area contributed by atoms with Crippen LogP contribution in [0.3, 0.4) is 0 Å². The number of piperazine rings is 1. The van der Waals surface area contributed by atoms with Gasteiger partial charge in [-0.15, -0.1) is 0 Å². The Balaban J connectivity index is 2.06. The van der Waals surface area contributed by atoms with Crippen molar-refractivity contribution in [3.63, 3.8) is 0 Å². The van der Waals surface area contributed by atoms with Gasteiger partial charge in [0.15, 0.2) is 0 Å². The van der Waals surface area contributed by atoms with E-state index in [1.54, 1.807) is 24.5 Å². The molecular weight excluding hydrogens is 202 g/mol. The van der Waals surface area contributed by atoms with E-state index in [2.05, 4.69) is 23.9 Å². The lowest BCUT2D eigenvalue weighted by molar-refractivity contribution is 0.0572. The van der Waals surface area contributed by atoms with E-state index in [4.69, 9.17) is 0 Å². The molecule has 1 aliphatic heterocycles. The maximum absolute atomic E-state index is 12.1. The first-order valence-corrected chi connectivity index (χ1v) is 5.58. The SMILES string of the molecule is CC1CN(C(=O)c2ccncc2)CCN1C. The Morgan fingerprint density at radius 3 is 2.69 bits per heavy atom. The molecule has 1 aromatic heterocycles. The highest BCUT2D eigenvalue weighted by Crippen LogP contribution is 2.10. The Morgan fingerprint density at radius 2 is 2.06 bits per heavy atom. The summed E-state index contributed by atoms with van der Waals surface area (Å²) in [7, 11) is 2.10. The van der Waals surface area contributed by atoms with Crippen molar-refractivity contribution >= 4 is 5.91 Å². The number of likely N-dealkylation sites (N-methyl/N-ethyl adjacent to an activating group) is 1. The van der Waals surface area contributed by atoms with Crippen molar-refractivity contribution in [2.45, 2.75) is 13.0 Å². The summed E-state index contributed by atoms with van der Waals surface area (Å²) in [4.78, 5) is 20.2. The first-order chi connectivity index (χ1) is 7.68. The summed E-state index contributed by atoms with van der Waals surface area (Å²) < 4.78 is 0. The van der Waals surface area contributed by atoms with E-state index in [9.17, 15) is 4.79 Å². The summed E-state index contributed by atoms with van der Waals surface area (Å²) in [6.45, 7) is 4.70. The number of amides is 1. The van der Waals surface area contributed by atoms with Crippen LogP contribution in [0.1, 0.15) is 17.3 Å². The Bertz CT molecular complexity index is 366. The largest absolute Gasteiger partial charge is 0.336 e. The second-order valence-electron chi connectivity index (χ2n) is 4.32. The fraction of sp³-hybridized carbons (Fsp3) is 0.500. The monoisotopic (exact) mass is 219 g/mol. The Morgan fingerprint density at radius 1 is 1.38 bits per heavy atom. The molecule has 0 aliphatic carbocycles. The topological polar surface area (TPSA) is 36.4 Å². The van der Waals surface area contributed by atoms with Gasteiger partial charge >= 0.3 is 0 Å². The lowest BCUT2D eigenvalue weighted by Crippen LogP contribution is -2.52. The molecule has 0 spiro atoms. The minimum absolute atomic E-state index is 0.113. The summed E-state index contributed by atoms with van der Waals surface area (Å²) in [5.41, 5.74) is 0.728. The number of hydrogen-bond acceptors (Lipinski definition) is 3. The zero-order valence-corrected chi connectivity index (χ0v) is 9.76. The van der Waals surface area contributed by atoms with Gasteiger partial charge in [0.2, 0.25) is 0 Å². The molecule has 86 valence electrons. The number of hydrogen-bond donors (Lipinski definition) is 0. The minimum Gasteiger partial charge on any atom is -0.336 e. The fourth-order valence-corrected chi connectivity index (χ4v) is 1.91. The van der Waals surface area contributed by atoms with E-state index >= 15 is 0 Å². The second kappa shape index (κ2) is 4.61. The molecule has 1 fully saturated rings. The molecule has 0 aromatic carbocycles. The van der Waals surface area contributed by atoms with Crippen molar-refractivity contribution in [2.75, 3.05) is 26.7 Å². The summed E-state index contributed by atoms with van der Waals surface area (Å²) >= 11 is 0. The Hall–Kier alpha value is -1.42. The van der Waals surface area contributed by atoms with Gasteiger partial charge in [-0.25, -0.2) is 0 Å². The smallest absolute Gasteiger partial charge is 0.254 e. The molecular formula is C12H17N3O. The molecule has 4 nitrogen and oxygen atoms in total. The van der Waals surface area contributed by atoms with Crippen LogP contribution in [0.4, 0.5) is 0 Å². The van der Waals surface area contributed by atoms with Gasteiger partial charge in [-0.3, -0.25) is 9.78 Å². The molecule has 2 rings (SSSR count). The van der Waals surface area contributed by atoms with Crippen molar-refractivity contribution in [1.29, 1.82) is 0 Å². The van der Waals surface area contributed by atoms with Gasteiger partial charge in [0.05, 0.1) is 0 Å². The number of carbonyl (C=O) groups excluding carboxylic acids is 1. The molecule has 2 heterocycles. The molecule has 16 heavy (non-hydrogen) atoms. The van der Waals surface area contributed by atoms with Crippen LogP contribution in [0.2, 0.25) is 0 Å². The lowest BCUT2D eigenvalue weighted by atomic mass is 10.1. The zero-order valence-electron chi connectivity index (χ0n) is 9.76. The third-order valence-electron chi connectivity index (χ3n) is 3.17. The van der Waals surface area contributed by atoms with E-state index in [1.807, 2.05) is 4.90 Å². The number of rotatable bonds is 1. The molecule has 1 saturated heterocycles. The van der Waals surface area contributed by atoms with Crippen LogP contribution < -0.4 is 0 Å². The molecule has 1 atom stereocenters. The number of aromatic nitrogens is 1. The van der Waals surface area contributed by atoms with Gasteiger partial charge in [0.25, 0.3) is 5.91 Å². The normalized spacial score (nSPS) is 22.1. The highest BCUT2D eigenvalue weighted by atomic mass is 16.2. The van der Waals surface area contributed by atoms with E-state index in [-0.39, 0.29) is 5.91 Å². The van der Waals surface area contributed by atoms with Crippen molar-refractivity contribution < 1.29 is 4.79 Å².